The first-order valence-electron chi connectivity index (χ1n) is 11.6. The molecule has 2 aliphatic rings. The summed E-state index contributed by atoms with van der Waals surface area (Å²) in [7, 11) is 0. The van der Waals surface area contributed by atoms with E-state index in [1.807, 2.05) is 28.6 Å². The van der Waals surface area contributed by atoms with Gasteiger partial charge >= 0.3 is 6.18 Å². The first-order valence-corrected chi connectivity index (χ1v) is 11.6. The largest absolute Gasteiger partial charge is 0.395 e. The van der Waals surface area contributed by atoms with E-state index in [0.29, 0.717) is 30.0 Å². The summed E-state index contributed by atoms with van der Waals surface area (Å²) in [5.41, 5.74) is 9.15. The molecule has 6 rings (SSSR count). The number of nitriles is 1. The third kappa shape index (κ3) is 3.37. The second kappa shape index (κ2) is 7.83. The van der Waals surface area contributed by atoms with Crippen LogP contribution in [0.1, 0.15) is 24.4 Å². The highest BCUT2D eigenvalue weighted by Crippen LogP contribution is 2.38. The normalized spacial score (nSPS) is 22.4. The van der Waals surface area contributed by atoms with Crippen LogP contribution in [0.5, 0.6) is 0 Å². The van der Waals surface area contributed by atoms with Gasteiger partial charge in [-0.15, -0.1) is 0 Å². The number of fused-ring (bicyclic) bond motifs is 4. The van der Waals surface area contributed by atoms with Crippen LogP contribution in [-0.2, 0) is 6.54 Å². The topological polar surface area (TPSA) is 91.4 Å². The van der Waals surface area contributed by atoms with Gasteiger partial charge in [0.1, 0.15) is 17.3 Å². The van der Waals surface area contributed by atoms with Crippen molar-refractivity contribution in [3.8, 4) is 6.07 Å². The highest BCUT2D eigenvalue weighted by molar-refractivity contribution is 5.86. The van der Waals surface area contributed by atoms with E-state index < -0.39 is 24.0 Å². The average Bonchev–Trinajstić information content (AvgIpc) is 3.53. The zero-order valence-electron chi connectivity index (χ0n) is 19.2. The standard InChI is InChI=1S/C24H22F4N8/c1-13-9-34(21-5-3-15(7-29)36-23(21)18(25)8-31-36)12-22-16-4-2-14(6-20(16)32-35(13)22)33-10-17(19(30)11-33)24(26,27)28/h2-6,8,13,17,19H,9-12,30H2,1H3/t13-,17+,19+/m1/s1. The predicted molar refractivity (Wildman–Crippen MR) is 125 cm³/mol. The molecule has 1 saturated heterocycles. The smallest absolute Gasteiger partial charge is 0.369 e. The van der Waals surface area contributed by atoms with Gasteiger partial charge < -0.3 is 15.5 Å². The molecule has 8 nitrogen and oxygen atoms in total. The van der Waals surface area contributed by atoms with Gasteiger partial charge in [-0.1, -0.05) is 0 Å². The number of rotatable bonds is 2. The van der Waals surface area contributed by atoms with Crippen LogP contribution in [0.2, 0.25) is 0 Å². The zero-order chi connectivity index (χ0) is 25.4. The Morgan fingerprint density at radius 1 is 1.11 bits per heavy atom. The number of halogens is 4. The average molecular weight is 498 g/mol. The number of pyridine rings is 1. The second-order valence-corrected chi connectivity index (χ2v) is 9.51. The van der Waals surface area contributed by atoms with Crippen molar-refractivity contribution < 1.29 is 17.6 Å². The van der Waals surface area contributed by atoms with Gasteiger partial charge in [-0.05, 0) is 37.3 Å². The fourth-order valence-electron chi connectivity index (χ4n) is 5.47. The molecule has 0 radical (unpaired) electrons. The van der Waals surface area contributed by atoms with Crippen molar-refractivity contribution in [2.24, 2.45) is 11.7 Å². The van der Waals surface area contributed by atoms with Crippen LogP contribution >= 0.6 is 0 Å². The van der Waals surface area contributed by atoms with E-state index in [2.05, 4.69) is 5.10 Å². The fourth-order valence-corrected chi connectivity index (χ4v) is 5.47. The summed E-state index contributed by atoms with van der Waals surface area (Å²) in [6.45, 7) is 2.94. The van der Waals surface area contributed by atoms with E-state index in [-0.39, 0.29) is 30.3 Å². The summed E-state index contributed by atoms with van der Waals surface area (Å²) in [5, 5.41) is 19.0. The van der Waals surface area contributed by atoms with Crippen molar-refractivity contribution in [2.45, 2.75) is 31.7 Å². The molecule has 2 aliphatic heterocycles. The van der Waals surface area contributed by atoms with Crippen molar-refractivity contribution >= 4 is 27.8 Å². The van der Waals surface area contributed by atoms with Crippen molar-refractivity contribution in [1.82, 2.24) is 19.4 Å². The van der Waals surface area contributed by atoms with E-state index in [1.165, 1.54) is 4.52 Å². The van der Waals surface area contributed by atoms with E-state index in [4.69, 9.17) is 10.8 Å². The first-order chi connectivity index (χ1) is 17.2. The van der Waals surface area contributed by atoms with Gasteiger partial charge in [0.15, 0.2) is 5.82 Å². The lowest BCUT2D eigenvalue weighted by molar-refractivity contribution is -0.171. The Hall–Kier alpha value is -3.85. The van der Waals surface area contributed by atoms with Gasteiger partial charge in [-0.2, -0.15) is 28.6 Å². The molecule has 0 spiro atoms. The summed E-state index contributed by atoms with van der Waals surface area (Å²) >= 11 is 0. The van der Waals surface area contributed by atoms with Crippen LogP contribution in [0, 0.1) is 23.1 Å². The molecule has 5 heterocycles. The molecule has 4 aromatic rings. The number of hydrogen-bond donors (Lipinski definition) is 1. The number of nitrogens with zero attached hydrogens (tertiary/aromatic N) is 7. The Morgan fingerprint density at radius 2 is 1.92 bits per heavy atom. The number of anilines is 2. The minimum absolute atomic E-state index is 0.0545. The molecule has 2 N–H and O–H groups in total. The van der Waals surface area contributed by atoms with E-state index in [9.17, 15) is 22.8 Å². The Morgan fingerprint density at radius 3 is 2.64 bits per heavy atom. The molecule has 0 aliphatic carbocycles. The number of aromatic nitrogens is 4. The zero-order valence-corrected chi connectivity index (χ0v) is 19.2. The van der Waals surface area contributed by atoms with E-state index >= 15 is 0 Å². The molecule has 0 unspecified atom stereocenters. The molecule has 0 amide bonds. The summed E-state index contributed by atoms with van der Waals surface area (Å²) in [6.07, 6.45) is -3.24. The quantitative estimate of drug-likeness (QED) is 0.425. The van der Waals surface area contributed by atoms with Gasteiger partial charge in [0.25, 0.3) is 0 Å². The lowest BCUT2D eigenvalue weighted by Gasteiger charge is -2.34. The van der Waals surface area contributed by atoms with E-state index in [1.54, 1.807) is 29.2 Å². The van der Waals surface area contributed by atoms with Gasteiger partial charge in [0.05, 0.1) is 41.6 Å². The van der Waals surface area contributed by atoms with Crippen molar-refractivity contribution in [2.75, 3.05) is 29.4 Å². The van der Waals surface area contributed by atoms with Crippen molar-refractivity contribution in [3.63, 3.8) is 0 Å². The predicted octanol–water partition coefficient (Wildman–Crippen LogP) is 3.60. The SMILES string of the molecule is C[C@@H]1CN(c2ccc(C#N)n3ncc(F)c23)Cc2c3ccc(N4C[C@H](N)[C@@H](C(F)(F)F)C4)cc3nn21. The Bertz CT molecular complexity index is 1530. The maximum atomic E-state index is 14.7. The molecule has 186 valence electrons. The number of hydrogen-bond acceptors (Lipinski definition) is 6. The fraction of sp³-hybridized carbons (Fsp3) is 0.375. The lowest BCUT2D eigenvalue weighted by Crippen LogP contribution is -2.38. The third-order valence-electron chi connectivity index (χ3n) is 7.23. The molecule has 1 fully saturated rings. The van der Waals surface area contributed by atoms with Gasteiger partial charge in [-0.25, -0.2) is 8.91 Å². The lowest BCUT2D eigenvalue weighted by atomic mass is 10.0. The molecule has 3 atom stereocenters. The number of benzene rings is 1. The summed E-state index contributed by atoms with van der Waals surface area (Å²) < 4.78 is 57.8. The summed E-state index contributed by atoms with van der Waals surface area (Å²) in [6, 6.07) is 9.82. The van der Waals surface area contributed by atoms with Crippen LogP contribution in [-0.4, -0.2) is 51.2 Å². The molecule has 0 saturated carbocycles. The van der Waals surface area contributed by atoms with Crippen molar-refractivity contribution in [1.29, 1.82) is 5.26 Å². The first kappa shape index (κ1) is 22.6. The van der Waals surface area contributed by atoms with Crippen LogP contribution in [0.15, 0.2) is 36.5 Å². The maximum absolute atomic E-state index is 14.7. The monoisotopic (exact) mass is 498 g/mol. The summed E-state index contributed by atoms with van der Waals surface area (Å²) in [4.78, 5) is 3.69. The Labute approximate surface area is 203 Å². The molecule has 36 heavy (non-hydrogen) atoms. The summed E-state index contributed by atoms with van der Waals surface area (Å²) in [5.74, 6) is -2.07. The highest BCUT2D eigenvalue weighted by Gasteiger charge is 2.48. The molecular formula is C24H22F4N8. The van der Waals surface area contributed by atoms with Crippen LogP contribution < -0.4 is 15.5 Å². The van der Waals surface area contributed by atoms with Crippen LogP contribution in [0.25, 0.3) is 16.4 Å². The van der Waals surface area contributed by atoms with E-state index in [0.717, 1.165) is 17.3 Å². The molecule has 3 aromatic heterocycles. The van der Waals surface area contributed by atoms with Crippen LogP contribution in [0.4, 0.5) is 28.9 Å². The highest BCUT2D eigenvalue weighted by atomic mass is 19.4. The van der Waals surface area contributed by atoms with Gasteiger partial charge in [-0.3, -0.25) is 4.68 Å². The third-order valence-corrected chi connectivity index (χ3v) is 7.23. The maximum Gasteiger partial charge on any atom is 0.395 e. The molecular weight excluding hydrogens is 476 g/mol. The Balaban J connectivity index is 1.35. The minimum atomic E-state index is -4.34. The minimum Gasteiger partial charge on any atom is -0.369 e. The van der Waals surface area contributed by atoms with Crippen molar-refractivity contribution in [3.05, 3.63) is 53.7 Å². The molecule has 0 bridgehead atoms. The van der Waals surface area contributed by atoms with Gasteiger partial charge in [0.2, 0.25) is 0 Å². The van der Waals surface area contributed by atoms with Gasteiger partial charge in [0, 0.05) is 36.7 Å². The molecule has 12 heteroatoms. The number of nitrogens with two attached hydrogens (primary N) is 1. The number of alkyl halides is 3. The Kier molecular flexibility index (Phi) is 4.91. The second-order valence-electron chi connectivity index (χ2n) is 9.51. The molecule has 1 aromatic carbocycles. The van der Waals surface area contributed by atoms with Crippen LogP contribution in [0.3, 0.4) is 0 Å².